The van der Waals surface area contributed by atoms with Crippen LogP contribution in [0.15, 0.2) is 21.9 Å². The van der Waals surface area contributed by atoms with Gasteiger partial charge in [0.2, 0.25) is 0 Å². The number of hydrogen-bond acceptors (Lipinski definition) is 5. The van der Waals surface area contributed by atoms with Gasteiger partial charge in [0.05, 0.1) is 23.1 Å². The largest absolute Gasteiger partial charge is 0.382 e. The van der Waals surface area contributed by atoms with Crippen molar-refractivity contribution in [2.24, 2.45) is 0 Å². The van der Waals surface area contributed by atoms with Gasteiger partial charge in [0.1, 0.15) is 5.02 Å². The third-order valence-electron chi connectivity index (χ3n) is 2.89. The van der Waals surface area contributed by atoms with Crippen LogP contribution in [0, 0.1) is 0 Å². The highest BCUT2D eigenvalue weighted by Gasteiger charge is 2.08. The molecular formula is C13H17ClN4OS. The number of rotatable bonds is 7. The number of nitrogens with one attached hydrogen (secondary N) is 1. The maximum Gasteiger partial charge on any atom is 0.287 e. The number of hydrogen-bond donors (Lipinski definition) is 1. The third kappa shape index (κ3) is 3.80. The third-order valence-corrected chi connectivity index (χ3v) is 3.89. The minimum absolute atomic E-state index is 0.203. The Balaban J connectivity index is 1.98. The predicted molar refractivity (Wildman–Crippen MR) is 82.7 cm³/mol. The van der Waals surface area contributed by atoms with Crippen LogP contribution in [0.4, 0.5) is 5.69 Å². The Kier molecular flexibility index (Phi) is 5.55. The second kappa shape index (κ2) is 7.40. The topological polar surface area (TPSA) is 59.8 Å². The maximum absolute atomic E-state index is 12.0. The molecule has 5 nitrogen and oxygen atoms in total. The van der Waals surface area contributed by atoms with Gasteiger partial charge in [0.25, 0.3) is 5.56 Å². The number of aryl methyl sites for hydroxylation is 1. The van der Waals surface area contributed by atoms with E-state index in [0.29, 0.717) is 18.8 Å². The van der Waals surface area contributed by atoms with Crippen molar-refractivity contribution in [3.63, 3.8) is 0 Å². The first-order valence-electron chi connectivity index (χ1n) is 6.59. The quantitative estimate of drug-likeness (QED) is 0.854. The van der Waals surface area contributed by atoms with E-state index in [0.717, 1.165) is 25.0 Å². The molecule has 0 atom stereocenters. The van der Waals surface area contributed by atoms with Crippen LogP contribution in [0.1, 0.15) is 25.5 Å². The van der Waals surface area contributed by atoms with E-state index in [1.165, 1.54) is 4.68 Å². The number of anilines is 1. The van der Waals surface area contributed by atoms with Gasteiger partial charge in [-0.15, -0.1) is 11.3 Å². The molecule has 0 saturated heterocycles. The highest BCUT2D eigenvalue weighted by Crippen LogP contribution is 2.15. The van der Waals surface area contributed by atoms with Crippen LogP contribution in [0.2, 0.25) is 5.02 Å². The van der Waals surface area contributed by atoms with Crippen molar-refractivity contribution in [3.05, 3.63) is 38.2 Å². The van der Waals surface area contributed by atoms with Crippen molar-refractivity contribution in [2.75, 3.05) is 11.9 Å². The smallest absolute Gasteiger partial charge is 0.287 e. The molecule has 0 amide bonds. The Morgan fingerprint density at radius 2 is 2.35 bits per heavy atom. The molecule has 0 aliphatic heterocycles. The molecule has 0 aliphatic rings. The highest BCUT2D eigenvalue weighted by molar-refractivity contribution is 7.07. The summed E-state index contributed by atoms with van der Waals surface area (Å²) in [7, 11) is 0. The summed E-state index contributed by atoms with van der Waals surface area (Å²) >= 11 is 7.66. The van der Waals surface area contributed by atoms with Crippen molar-refractivity contribution in [2.45, 2.75) is 32.7 Å². The normalized spacial score (nSPS) is 10.7. The lowest BCUT2D eigenvalue weighted by Crippen LogP contribution is -2.24. The van der Waals surface area contributed by atoms with Gasteiger partial charge in [0.15, 0.2) is 0 Å². The van der Waals surface area contributed by atoms with Crippen molar-refractivity contribution >= 4 is 28.6 Å². The van der Waals surface area contributed by atoms with Crippen LogP contribution < -0.4 is 10.9 Å². The van der Waals surface area contributed by atoms with E-state index in [4.69, 9.17) is 11.6 Å². The zero-order valence-corrected chi connectivity index (χ0v) is 12.9. The molecule has 108 valence electrons. The minimum Gasteiger partial charge on any atom is -0.382 e. The molecule has 7 heteroatoms. The molecule has 0 fully saturated rings. The summed E-state index contributed by atoms with van der Waals surface area (Å²) in [6.07, 6.45) is 4.33. The maximum atomic E-state index is 12.0. The summed E-state index contributed by atoms with van der Waals surface area (Å²) in [5.74, 6) is 0. The van der Waals surface area contributed by atoms with Gasteiger partial charge in [-0.3, -0.25) is 4.79 Å². The molecule has 0 radical (unpaired) electrons. The number of thiazole rings is 1. The molecule has 2 aromatic heterocycles. The number of nitrogens with zero attached hydrogens (tertiary/aromatic N) is 3. The molecule has 0 bridgehead atoms. The summed E-state index contributed by atoms with van der Waals surface area (Å²) in [5, 5.41) is 9.48. The van der Waals surface area contributed by atoms with Crippen molar-refractivity contribution in [1.29, 1.82) is 0 Å². The van der Waals surface area contributed by atoms with Crippen molar-refractivity contribution in [1.82, 2.24) is 14.8 Å². The average Bonchev–Trinajstić information content (AvgIpc) is 2.96. The van der Waals surface area contributed by atoms with E-state index in [2.05, 4.69) is 22.3 Å². The summed E-state index contributed by atoms with van der Waals surface area (Å²) < 4.78 is 1.41. The monoisotopic (exact) mass is 312 g/mol. The van der Waals surface area contributed by atoms with E-state index in [-0.39, 0.29) is 10.6 Å². The summed E-state index contributed by atoms with van der Waals surface area (Å²) in [5.41, 5.74) is 3.18. The molecule has 2 heterocycles. The van der Waals surface area contributed by atoms with E-state index >= 15 is 0 Å². The Hall–Kier alpha value is -1.40. The first-order valence-corrected chi connectivity index (χ1v) is 7.91. The fraction of sp³-hybridized carbons (Fsp3) is 0.462. The fourth-order valence-corrected chi connectivity index (χ4v) is 2.55. The van der Waals surface area contributed by atoms with Crippen LogP contribution in [-0.2, 0) is 13.0 Å². The van der Waals surface area contributed by atoms with Crippen molar-refractivity contribution in [3.8, 4) is 0 Å². The molecule has 1 N–H and O–H groups in total. The Bertz CT molecular complexity index is 597. The fourth-order valence-electron chi connectivity index (χ4n) is 1.74. The predicted octanol–water partition coefficient (Wildman–Crippen LogP) is 2.81. The standard InChI is InChI=1S/C13H17ClN4OS/c1-2-3-6-18-13(19)12(14)11(7-17-18)15-5-4-10-8-20-9-16-10/h7-9,15H,2-6H2,1H3. The minimum atomic E-state index is -0.237. The molecule has 0 spiro atoms. The van der Waals surface area contributed by atoms with Crippen LogP contribution in [0.5, 0.6) is 0 Å². The second-order valence-corrected chi connectivity index (χ2v) is 5.51. The van der Waals surface area contributed by atoms with Gasteiger partial charge in [-0.1, -0.05) is 24.9 Å². The van der Waals surface area contributed by atoms with Gasteiger partial charge in [-0.25, -0.2) is 9.67 Å². The SMILES string of the molecule is CCCCn1ncc(NCCc2cscn2)c(Cl)c1=O. The zero-order chi connectivity index (χ0) is 14.4. The van der Waals surface area contributed by atoms with Gasteiger partial charge in [-0.05, 0) is 6.42 Å². The van der Waals surface area contributed by atoms with E-state index in [1.54, 1.807) is 23.0 Å². The molecule has 0 aliphatic carbocycles. The van der Waals surface area contributed by atoms with E-state index in [1.807, 2.05) is 5.38 Å². The lowest BCUT2D eigenvalue weighted by atomic mass is 10.3. The molecule has 2 rings (SSSR count). The van der Waals surface area contributed by atoms with Crippen LogP contribution in [0.3, 0.4) is 0 Å². The van der Waals surface area contributed by atoms with Gasteiger partial charge in [0, 0.05) is 24.9 Å². The van der Waals surface area contributed by atoms with Crippen molar-refractivity contribution < 1.29 is 0 Å². The zero-order valence-electron chi connectivity index (χ0n) is 11.3. The van der Waals surface area contributed by atoms with Gasteiger partial charge in [-0.2, -0.15) is 5.10 Å². The summed E-state index contributed by atoms with van der Waals surface area (Å²) in [6.45, 7) is 3.35. The molecule has 0 saturated carbocycles. The van der Waals surface area contributed by atoms with Crippen LogP contribution in [0.25, 0.3) is 0 Å². The second-order valence-electron chi connectivity index (χ2n) is 4.41. The first kappa shape index (κ1) is 15.0. The molecular weight excluding hydrogens is 296 g/mol. The first-order chi connectivity index (χ1) is 9.72. The Labute approximate surface area is 126 Å². The number of halogens is 1. The van der Waals surface area contributed by atoms with Crippen LogP contribution in [-0.4, -0.2) is 21.3 Å². The van der Waals surface area contributed by atoms with Gasteiger partial charge >= 0.3 is 0 Å². The Morgan fingerprint density at radius 3 is 3.05 bits per heavy atom. The molecule has 20 heavy (non-hydrogen) atoms. The highest BCUT2D eigenvalue weighted by atomic mass is 35.5. The number of aromatic nitrogens is 3. The average molecular weight is 313 g/mol. The molecule has 2 aromatic rings. The van der Waals surface area contributed by atoms with E-state index in [9.17, 15) is 4.79 Å². The summed E-state index contributed by atoms with van der Waals surface area (Å²) in [6, 6.07) is 0. The Morgan fingerprint density at radius 1 is 1.50 bits per heavy atom. The summed E-state index contributed by atoms with van der Waals surface area (Å²) in [4.78, 5) is 16.2. The lowest BCUT2D eigenvalue weighted by Gasteiger charge is -2.09. The lowest BCUT2D eigenvalue weighted by molar-refractivity contribution is 0.543. The molecule has 0 aromatic carbocycles. The number of unbranched alkanes of at least 4 members (excludes halogenated alkanes) is 1. The van der Waals surface area contributed by atoms with Gasteiger partial charge < -0.3 is 5.32 Å². The molecule has 0 unspecified atom stereocenters. The van der Waals surface area contributed by atoms with E-state index < -0.39 is 0 Å². The van der Waals surface area contributed by atoms with Crippen LogP contribution >= 0.6 is 22.9 Å².